The van der Waals surface area contributed by atoms with Crippen molar-refractivity contribution in [2.75, 3.05) is 9.80 Å². The zero-order valence-electron chi connectivity index (χ0n) is 50.1. The molecule has 1 aliphatic rings. The number of fused-ring (bicyclic) bond motifs is 3. The van der Waals surface area contributed by atoms with Crippen molar-refractivity contribution >= 4 is 39.7 Å². The van der Waals surface area contributed by atoms with E-state index in [9.17, 15) is 0 Å². The predicted octanol–water partition coefficient (Wildman–Crippen LogP) is 23.7. The van der Waals surface area contributed by atoms with Crippen LogP contribution in [-0.4, -0.2) is 0 Å². The first-order valence-electron chi connectivity index (χ1n) is 30.6. The highest BCUT2D eigenvalue weighted by atomic mass is 15.2. The van der Waals surface area contributed by atoms with E-state index in [1.807, 2.05) is 18.2 Å². The van der Waals surface area contributed by atoms with Crippen LogP contribution in [0.5, 0.6) is 0 Å². The Morgan fingerprint density at radius 3 is 0.944 bits per heavy atom. The van der Waals surface area contributed by atoms with Gasteiger partial charge in [-0.3, -0.25) is 0 Å². The number of hydrogen-bond acceptors (Lipinski definition) is 2. The van der Waals surface area contributed by atoms with Crippen molar-refractivity contribution in [2.24, 2.45) is 0 Å². The van der Waals surface area contributed by atoms with Gasteiger partial charge in [0, 0.05) is 34.1 Å². The maximum Gasteiger partial charge on any atom is 0.0715 e. The summed E-state index contributed by atoms with van der Waals surface area (Å²) in [5.41, 5.74) is 28.4. The molecule has 424 valence electrons. The van der Waals surface area contributed by atoms with Crippen LogP contribution in [0.1, 0.15) is 38.9 Å². The van der Waals surface area contributed by atoms with Crippen LogP contribution in [-0.2, 0) is 5.41 Å². The van der Waals surface area contributed by atoms with Gasteiger partial charge in [0.05, 0.1) is 5.41 Å². The largest absolute Gasteiger partial charge is 0.310 e. The van der Waals surface area contributed by atoms with Gasteiger partial charge in [-0.1, -0.05) is 279 Å². The van der Waals surface area contributed by atoms with Crippen LogP contribution in [0.4, 0.5) is 34.1 Å². The lowest BCUT2D eigenvalue weighted by atomic mass is 9.66. The highest BCUT2D eigenvalue weighted by Gasteiger charge is 2.47. The first-order chi connectivity index (χ1) is 43.8. The van der Waals surface area contributed by atoms with E-state index in [2.05, 4.69) is 358 Å². The van der Waals surface area contributed by atoms with Gasteiger partial charge in [-0.2, -0.15) is 0 Å². The lowest BCUT2D eigenvalue weighted by Crippen LogP contribution is -2.30. The van der Waals surface area contributed by atoms with Crippen LogP contribution in [0.3, 0.4) is 0 Å². The summed E-state index contributed by atoms with van der Waals surface area (Å²) in [6.07, 6.45) is 5.74. The van der Waals surface area contributed by atoms with Crippen molar-refractivity contribution in [1.29, 1.82) is 0 Å². The van der Waals surface area contributed by atoms with E-state index < -0.39 is 5.41 Å². The zero-order chi connectivity index (χ0) is 60.3. The maximum atomic E-state index is 4.19. The van der Waals surface area contributed by atoms with Gasteiger partial charge >= 0.3 is 0 Å². The monoisotopic (exact) mass is 1140 g/mol. The van der Waals surface area contributed by atoms with E-state index >= 15 is 0 Å². The van der Waals surface area contributed by atoms with Gasteiger partial charge in [0.2, 0.25) is 0 Å². The van der Waals surface area contributed by atoms with Crippen molar-refractivity contribution in [3.63, 3.8) is 0 Å². The number of rotatable bonds is 16. The number of nitrogens with zero attached hydrogens (tertiary/aromatic N) is 2. The molecule has 0 aromatic heterocycles. The molecule has 0 aliphatic heterocycles. The molecule has 0 unspecified atom stereocenters. The molecule has 13 aromatic carbocycles. The lowest BCUT2D eigenvalue weighted by Gasteiger charge is -2.38. The average Bonchev–Trinajstić information content (AvgIpc) is 1.69. The highest BCUT2D eigenvalue weighted by Crippen LogP contribution is 2.59. The molecule has 0 amide bonds. The average molecular weight is 1140 g/mol. The molecule has 0 saturated carbocycles. The van der Waals surface area contributed by atoms with Crippen molar-refractivity contribution in [3.05, 3.63) is 392 Å². The van der Waals surface area contributed by atoms with Gasteiger partial charge in [0.1, 0.15) is 0 Å². The van der Waals surface area contributed by atoms with Gasteiger partial charge in [0.15, 0.2) is 0 Å². The van der Waals surface area contributed by atoms with E-state index in [0.717, 1.165) is 95.3 Å². The Kier molecular flexibility index (Phi) is 15.1. The Balaban J connectivity index is 1.11. The number of anilines is 6. The molecule has 0 radical (unpaired) electrons. The van der Waals surface area contributed by atoms with Crippen LogP contribution in [0.2, 0.25) is 0 Å². The molecule has 0 saturated heterocycles. The summed E-state index contributed by atoms with van der Waals surface area (Å²) in [6.45, 7) is 12.7. The standard InChI is InChI=1S/C87H66N2/c1-5-22-63(6-2)69-35-43-77(44-36-69)88(78-45-37-70(38-46-78)64-23-12-7-13-24-64)81-58-76(59-82(60-81)89(79-47-39-71(40-48-79)65-25-14-8-15-26-65)80-49-41-72(42-50-80)66-27-16-9-17-28-66)87(85-53-61(3)33-51-83(85)84-52-34-62(4)54-86(84)87)75-56-73(67-29-18-10-19-30-67)55-74(57-75)68-31-20-11-21-32-68/h5-60H,1-2H2,3-4H3/b63-22+. The Morgan fingerprint density at radius 1 is 0.292 bits per heavy atom. The molecule has 1 aliphatic carbocycles. The second-order valence-electron chi connectivity index (χ2n) is 23.1. The summed E-state index contributed by atoms with van der Waals surface area (Å²) in [7, 11) is 0. The molecule has 0 fully saturated rings. The van der Waals surface area contributed by atoms with Crippen LogP contribution in [0.15, 0.2) is 353 Å². The van der Waals surface area contributed by atoms with E-state index in [-0.39, 0.29) is 0 Å². The van der Waals surface area contributed by atoms with E-state index in [4.69, 9.17) is 0 Å². The normalized spacial score (nSPS) is 12.2. The van der Waals surface area contributed by atoms with Crippen molar-refractivity contribution in [3.8, 4) is 66.8 Å². The molecule has 0 atom stereocenters. The van der Waals surface area contributed by atoms with E-state index in [1.165, 1.54) is 50.1 Å². The quantitative estimate of drug-likeness (QED) is 0.0890. The van der Waals surface area contributed by atoms with Gasteiger partial charge < -0.3 is 9.80 Å². The first kappa shape index (κ1) is 55.5. The number of hydrogen-bond donors (Lipinski definition) is 0. The maximum absolute atomic E-state index is 4.19. The molecule has 0 spiro atoms. The number of allylic oxidation sites excluding steroid dienone is 4. The van der Waals surface area contributed by atoms with E-state index in [0.29, 0.717) is 0 Å². The van der Waals surface area contributed by atoms with Crippen molar-refractivity contribution in [1.82, 2.24) is 0 Å². The minimum absolute atomic E-state index is 0.872. The second-order valence-corrected chi connectivity index (χ2v) is 23.1. The van der Waals surface area contributed by atoms with Crippen LogP contribution in [0, 0.1) is 13.8 Å². The summed E-state index contributed by atoms with van der Waals surface area (Å²) in [4.78, 5) is 4.90. The van der Waals surface area contributed by atoms with Crippen molar-refractivity contribution in [2.45, 2.75) is 19.3 Å². The Morgan fingerprint density at radius 2 is 0.607 bits per heavy atom. The fraction of sp³-hybridized carbons (Fsp3) is 0.0345. The fourth-order valence-electron chi connectivity index (χ4n) is 13.3. The minimum Gasteiger partial charge on any atom is -0.310 e. The van der Waals surface area contributed by atoms with E-state index in [1.54, 1.807) is 0 Å². The molecule has 0 N–H and O–H groups in total. The smallest absolute Gasteiger partial charge is 0.0715 e. The topological polar surface area (TPSA) is 6.48 Å². The third-order valence-electron chi connectivity index (χ3n) is 17.6. The number of aryl methyl sites for hydroxylation is 2. The summed E-state index contributed by atoms with van der Waals surface area (Å²) >= 11 is 0. The molecule has 14 rings (SSSR count). The van der Waals surface area contributed by atoms with Gasteiger partial charge in [0.25, 0.3) is 0 Å². The second kappa shape index (κ2) is 24.2. The zero-order valence-corrected chi connectivity index (χ0v) is 50.1. The van der Waals surface area contributed by atoms with Crippen LogP contribution in [0.25, 0.3) is 72.3 Å². The molecule has 2 nitrogen and oxygen atoms in total. The SMILES string of the molecule is C=C/C=C(\C=C)c1ccc(N(c2ccc(-c3ccccc3)cc2)c2cc(N(c3ccc(-c4ccccc4)cc3)c3ccc(-c4ccccc4)cc3)cc(C3(c4cc(-c5ccccc5)cc(-c5ccccc5)c4)c4cc(C)ccc4-c4ccc(C)cc43)c2)cc1. The Hall–Kier alpha value is -11.3. The highest BCUT2D eigenvalue weighted by molar-refractivity contribution is 5.92. The Bertz CT molecular complexity index is 4510. The first-order valence-corrected chi connectivity index (χ1v) is 30.6. The molecule has 13 aromatic rings. The molecular formula is C87H66N2. The molecule has 2 heteroatoms. The molecule has 0 heterocycles. The summed E-state index contributed by atoms with van der Waals surface area (Å²) in [5, 5.41) is 0. The predicted molar refractivity (Wildman–Crippen MR) is 378 cm³/mol. The summed E-state index contributed by atoms with van der Waals surface area (Å²) < 4.78 is 0. The molecular weight excluding hydrogens is 1070 g/mol. The Labute approximate surface area is 524 Å². The van der Waals surface area contributed by atoms with Crippen LogP contribution < -0.4 is 9.80 Å². The van der Waals surface area contributed by atoms with Crippen LogP contribution >= 0.6 is 0 Å². The number of benzene rings is 13. The third-order valence-corrected chi connectivity index (χ3v) is 17.6. The molecule has 89 heavy (non-hydrogen) atoms. The minimum atomic E-state index is -0.872. The van der Waals surface area contributed by atoms with Gasteiger partial charge in [-0.25, -0.2) is 0 Å². The molecule has 0 bridgehead atoms. The van der Waals surface area contributed by atoms with Gasteiger partial charge in [-0.05, 0) is 199 Å². The third kappa shape index (κ3) is 10.7. The fourth-order valence-corrected chi connectivity index (χ4v) is 13.3. The lowest BCUT2D eigenvalue weighted by molar-refractivity contribution is 0.767. The summed E-state index contributed by atoms with van der Waals surface area (Å²) in [5.74, 6) is 0. The summed E-state index contributed by atoms with van der Waals surface area (Å²) in [6, 6.07) is 119. The van der Waals surface area contributed by atoms with Gasteiger partial charge in [-0.15, -0.1) is 0 Å². The van der Waals surface area contributed by atoms with Crippen molar-refractivity contribution < 1.29 is 0 Å².